The lowest BCUT2D eigenvalue weighted by Crippen LogP contribution is -2.55. The molecule has 7 nitrogen and oxygen atoms in total. The Morgan fingerprint density at radius 1 is 0.767 bits per heavy atom. The molecule has 1 unspecified atom stereocenters. The topological polar surface area (TPSA) is 85.9 Å². The molecule has 0 aliphatic rings. The van der Waals surface area contributed by atoms with E-state index in [1.807, 2.05) is 13.8 Å². The number of ether oxygens (including phenoxy) is 3. The highest BCUT2D eigenvalue weighted by Crippen LogP contribution is 2.38. The first-order chi connectivity index (χ1) is 20.1. The molecule has 0 bridgehead atoms. The third-order valence-electron chi connectivity index (χ3n) is 6.26. The summed E-state index contributed by atoms with van der Waals surface area (Å²) in [6.45, 7) is 3.63. The van der Waals surface area contributed by atoms with Gasteiger partial charge in [-0.05, 0) is 53.3 Å². The minimum Gasteiger partial charge on any atom is -0.467 e. The van der Waals surface area contributed by atoms with Crippen LogP contribution in [-0.2, 0) is 21.5 Å². The first kappa shape index (κ1) is 33.1. The Morgan fingerprint density at radius 3 is 1.72 bits per heavy atom. The van der Waals surface area contributed by atoms with E-state index in [2.05, 4.69) is 20.1 Å². The summed E-state index contributed by atoms with van der Waals surface area (Å²) in [5, 5.41) is 5.28. The van der Waals surface area contributed by atoms with Gasteiger partial charge < -0.3 is 24.8 Å². The van der Waals surface area contributed by atoms with Crippen molar-refractivity contribution in [3.63, 3.8) is 0 Å². The molecule has 232 valence electrons. The molecule has 0 heterocycles. The molecule has 0 aromatic heterocycles. The summed E-state index contributed by atoms with van der Waals surface area (Å²) in [5.74, 6) is -2.04. The summed E-state index contributed by atoms with van der Waals surface area (Å²) in [6, 6.07) is 15.9. The number of methoxy groups -OCH3 is 1. The van der Waals surface area contributed by atoms with Crippen molar-refractivity contribution in [2.45, 2.75) is 51.0 Å². The van der Waals surface area contributed by atoms with Crippen LogP contribution in [0.5, 0.6) is 11.5 Å². The van der Waals surface area contributed by atoms with E-state index in [-0.39, 0.29) is 29.9 Å². The molecule has 0 saturated carbocycles. The Labute approximate surface area is 244 Å². The van der Waals surface area contributed by atoms with Crippen molar-refractivity contribution < 1.29 is 50.1 Å². The summed E-state index contributed by atoms with van der Waals surface area (Å²) in [5.41, 5.74) is -1.16. The number of amides is 2. The van der Waals surface area contributed by atoms with Crippen molar-refractivity contribution in [2.24, 2.45) is 5.92 Å². The van der Waals surface area contributed by atoms with E-state index in [9.17, 15) is 35.9 Å². The van der Waals surface area contributed by atoms with Gasteiger partial charge in [0.2, 0.25) is 0 Å². The summed E-state index contributed by atoms with van der Waals surface area (Å²) >= 11 is 0. The standard InChI is InChI=1S/C30H30F6N2O5/c1-19(2)15-25(26(39)41-3)37-27(40)38-28(18-20-9-5-4-6-10-20,21-11-7-13-23(16-21)42-29(31,32)33)22-12-8-14-24(17-22)43-30(34,35)36/h4-14,16-17,19,25H,15,18H2,1-3H3,(H2,37,38,40). The van der Waals surface area contributed by atoms with Gasteiger partial charge in [-0.15, -0.1) is 26.3 Å². The zero-order valence-electron chi connectivity index (χ0n) is 23.4. The van der Waals surface area contributed by atoms with Gasteiger partial charge in [-0.3, -0.25) is 0 Å². The van der Waals surface area contributed by atoms with Crippen molar-refractivity contribution >= 4 is 12.0 Å². The molecule has 1 atom stereocenters. The van der Waals surface area contributed by atoms with Gasteiger partial charge in [-0.25, -0.2) is 9.59 Å². The van der Waals surface area contributed by atoms with Gasteiger partial charge in [-0.1, -0.05) is 68.4 Å². The molecule has 0 radical (unpaired) electrons. The monoisotopic (exact) mass is 612 g/mol. The number of esters is 1. The van der Waals surface area contributed by atoms with E-state index in [0.717, 1.165) is 31.4 Å². The first-order valence-electron chi connectivity index (χ1n) is 13.0. The average Bonchev–Trinajstić information content (AvgIpc) is 2.90. The molecule has 0 saturated heterocycles. The molecule has 0 spiro atoms. The molecule has 3 rings (SSSR count). The van der Waals surface area contributed by atoms with Gasteiger partial charge in [-0.2, -0.15) is 0 Å². The molecular weight excluding hydrogens is 582 g/mol. The van der Waals surface area contributed by atoms with Crippen molar-refractivity contribution in [2.75, 3.05) is 7.11 Å². The average molecular weight is 613 g/mol. The zero-order chi connectivity index (χ0) is 31.8. The maximum absolute atomic E-state index is 13.6. The van der Waals surface area contributed by atoms with Crippen LogP contribution in [0.1, 0.15) is 37.0 Å². The molecule has 0 fully saturated rings. The van der Waals surface area contributed by atoms with Crippen LogP contribution in [0.25, 0.3) is 0 Å². The van der Waals surface area contributed by atoms with Crippen molar-refractivity contribution in [3.8, 4) is 11.5 Å². The van der Waals surface area contributed by atoms with Crippen LogP contribution in [0, 0.1) is 5.92 Å². The smallest absolute Gasteiger partial charge is 0.467 e. The summed E-state index contributed by atoms with van der Waals surface area (Å²) in [6.07, 6.45) is -10.0. The summed E-state index contributed by atoms with van der Waals surface area (Å²) in [7, 11) is 1.15. The van der Waals surface area contributed by atoms with E-state index in [1.165, 1.54) is 24.3 Å². The highest BCUT2D eigenvalue weighted by molar-refractivity contribution is 5.84. The predicted octanol–water partition coefficient (Wildman–Crippen LogP) is 6.86. The highest BCUT2D eigenvalue weighted by Gasteiger charge is 2.40. The first-order valence-corrected chi connectivity index (χ1v) is 13.0. The number of hydrogen-bond acceptors (Lipinski definition) is 5. The molecule has 2 amide bonds. The van der Waals surface area contributed by atoms with Crippen LogP contribution >= 0.6 is 0 Å². The molecule has 0 aliphatic heterocycles. The number of rotatable bonds is 11. The van der Waals surface area contributed by atoms with Crippen LogP contribution < -0.4 is 20.1 Å². The summed E-state index contributed by atoms with van der Waals surface area (Å²) < 4.78 is 91.9. The van der Waals surface area contributed by atoms with E-state index >= 15 is 0 Å². The van der Waals surface area contributed by atoms with Gasteiger partial charge >= 0.3 is 24.7 Å². The van der Waals surface area contributed by atoms with Crippen LogP contribution in [-0.4, -0.2) is 37.9 Å². The number of carbonyl (C=O) groups is 2. The minimum atomic E-state index is -5.05. The molecule has 2 N–H and O–H groups in total. The zero-order valence-corrected chi connectivity index (χ0v) is 23.4. The Bertz CT molecular complexity index is 1320. The van der Waals surface area contributed by atoms with Crippen molar-refractivity contribution in [1.29, 1.82) is 0 Å². The number of urea groups is 1. The van der Waals surface area contributed by atoms with E-state index in [4.69, 9.17) is 4.74 Å². The predicted molar refractivity (Wildman–Crippen MR) is 144 cm³/mol. The van der Waals surface area contributed by atoms with E-state index in [1.54, 1.807) is 30.3 Å². The maximum atomic E-state index is 13.6. The van der Waals surface area contributed by atoms with Gasteiger partial charge in [0.15, 0.2) is 0 Å². The van der Waals surface area contributed by atoms with Crippen LogP contribution in [0.3, 0.4) is 0 Å². The third-order valence-corrected chi connectivity index (χ3v) is 6.26. The van der Waals surface area contributed by atoms with Gasteiger partial charge in [0.1, 0.15) is 17.5 Å². The molecule has 3 aromatic rings. The number of carbonyl (C=O) groups excluding carboxylic acids is 2. The third kappa shape index (κ3) is 9.83. The number of hydrogen-bond donors (Lipinski definition) is 2. The molecule has 0 aliphatic carbocycles. The van der Waals surface area contributed by atoms with Crippen molar-refractivity contribution in [1.82, 2.24) is 10.6 Å². The normalized spacial score (nSPS) is 12.8. The fraction of sp³-hybridized carbons (Fsp3) is 0.333. The SMILES string of the molecule is COC(=O)C(CC(C)C)NC(=O)NC(Cc1ccccc1)(c1cccc(OC(F)(F)F)c1)c1cccc(OC(F)(F)F)c1. The van der Waals surface area contributed by atoms with E-state index < -0.39 is 47.8 Å². The molecule has 3 aromatic carbocycles. The summed E-state index contributed by atoms with van der Waals surface area (Å²) in [4.78, 5) is 26.0. The lowest BCUT2D eigenvalue weighted by Gasteiger charge is -2.37. The number of nitrogens with one attached hydrogen (secondary N) is 2. The van der Waals surface area contributed by atoms with Crippen LogP contribution in [0.4, 0.5) is 31.1 Å². The Morgan fingerprint density at radius 2 is 1.28 bits per heavy atom. The Kier molecular flexibility index (Phi) is 10.5. The fourth-order valence-corrected chi connectivity index (χ4v) is 4.59. The van der Waals surface area contributed by atoms with E-state index in [0.29, 0.717) is 5.56 Å². The fourth-order valence-electron chi connectivity index (χ4n) is 4.59. The van der Waals surface area contributed by atoms with Gasteiger partial charge in [0.25, 0.3) is 0 Å². The minimum absolute atomic E-state index is 0.0379. The molecule has 43 heavy (non-hydrogen) atoms. The second-order valence-electron chi connectivity index (χ2n) is 10.0. The molecule has 13 heteroatoms. The second kappa shape index (κ2) is 13.7. The van der Waals surface area contributed by atoms with Crippen LogP contribution in [0.15, 0.2) is 78.9 Å². The second-order valence-corrected chi connectivity index (χ2v) is 10.0. The van der Waals surface area contributed by atoms with Crippen LogP contribution in [0.2, 0.25) is 0 Å². The lowest BCUT2D eigenvalue weighted by molar-refractivity contribution is -0.275. The maximum Gasteiger partial charge on any atom is 0.573 e. The van der Waals surface area contributed by atoms with Gasteiger partial charge in [0.05, 0.1) is 12.6 Å². The number of benzene rings is 3. The highest BCUT2D eigenvalue weighted by atomic mass is 19.4. The lowest BCUT2D eigenvalue weighted by atomic mass is 9.77. The Hall–Kier alpha value is -4.42. The Balaban J connectivity index is 2.23. The number of alkyl halides is 6. The largest absolute Gasteiger partial charge is 0.573 e. The number of halogens is 6. The quantitative estimate of drug-likeness (QED) is 0.183. The van der Waals surface area contributed by atoms with Gasteiger partial charge in [0, 0.05) is 6.42 Å². The molecular formula is C30H30F6N2O5. The van der Waals surface area contributed by atoms with Crippen molar-refractivity contribution in [3.05, 3.63) is 95.6 Å².